The molecule has 1 unspecified atom stereocenters. The standard InChI is InChI=1S/C34H25N2O.C20H26GeN.Ir/c1-20-18-24(23-10-5-4-6-11-23)19-21(2)30(20)31-27-12-7-8-15-29(27)36-32(31)28-14-9-13-25-26-17-16-22(3)35-34(26)37-33(25)28;1-21(2,3)19-15-22-20(17-11-5-4-6-12-17)14-18(19)13-16-9-7-8-10-16;/h4-13,15-19,31H,1-3H3;4-6,11,14-16H,7-10,13H2,1-3H3;/q2*-1;. The Labute approximate surface area is 371 Å². The molecule has 1 atom stereocenters. The van der Waals surface area contributed by atoms with Gasteiger partial charge < -0.3 is 4.42 Å². The monoisotopic (exact) mass is 1020 g/mol. The zero-order valence-corrected chi connectivity index (χ0v) is 39.9. The van der Waals surface area contributed by atoms with Gasteiger partial charge in [-0.2, -0.15) is 0 Å². The number of hydrogen-bond donors (Lipinski definition) is 0. The second-order valence-corrected chi connectivity index (χ2v) is 28.1. The van der Waals surface area contributed by atoms with E-state index in [4.69, 9.17) is 14.4 Å². The molecule has 3 aromatic heterocycles. The molecule has 303 valence electrons. The number of aryl methyl sites for hydroxylation is 3. The zero-order chi connectivity index (χ0) is 40.7. The number of rotatable bonds is 7. The van der Waals surface area contributed by atoms with Crippen LogP contribution in [0.3, 0.4) is 0 Å². The number of nitrogens with zero attached hydrogens (tertiary/aromatic N) is 3. The Kier molecular flexibility index (Phi) is 12.2. The van der Waals surface area contributed by atoms with Crippen LogP contribution in [0, 0.1) is 38.8 Å². The predicted molar refractivity (Wildman–Crippen MR) is 248 cm³/mol. The average Bonchev–Trinajstić information content (AvgIpc) is 3.99. The van der Waals surface area contributed by atoms with Crippen LogP contribution in [0.25, 0.3) is 44.5 Å². The van der Waals surface area contributed by atoms with Gasteiger partial charge in [0, 0.05) is 37.1 Å². The first kappa shape index (κ1) is 41.8. The molecule has 4 heterocycles. The Hall–Kier alpha value is -4.94. The van der Waals surface area contributed by atoms with Gasteiger partial charge in [-0.1, -0.05) is 71.6 Å². The molecule has 1 aliphatic carbocycles. The summed E-state index contributed by atoms with van der Waals surface area (Å²) in [6.07, 6.45) is 9.08. The van der Waals surface area contributed by atoms with Gasteiger partial charge in [-0.05, 0) is 78.1 Å². The van der Waals surface area contributed by atoms with Crippen LogP contribution in [0.15, 0.2) is 137 Å². The number of fused-ring (bicyclic) bond motifs is 4. The van der Waals surface area contributed by atoms with Crippen LogP contribution in [0.4, 0.5) is 5.69 Å². The largest absolute Gasteiger partial charge is 0 e. The summed E-state index contributed by atoms with van der Waals surface area (Å²) in [7, 11) is 0. The van der Waals surface area contributed by atoms with E-state index in [9.17, 15) is 0 Å². The molecule has 6 heteroatoms. The van der Waals surface area contributed by atoms with E-state index in [0.717, 1.165) is 56.2 Å². The number of aromatic nitrogens is 2. The third-order valence-electron chi connectivity index (χ3n) is 12.2. The molecule has 1 fully saturated rings. The van der Waals surface area contributed by atoms with Crippen molar-refractivity contribution in [3.63, 3.8) is 0 Å². The summed E-state index contributed by atoms with van der Waals surface area (Å²) in [6, 6.07) is 49.1. The van der Waals surface area contributed by atoms with E-state index in [-0.39, 0.29) is 26.0 Å². The third-order valence-corrected chi connectivity index (χ3v) is 16.5. The molecule has 60 heavy (non-hydrogen) atoms. The van der Waals surface area contributed by atoms with Crippen molar-refractivity contribution in [3.05, 3.63) is 179 Å². The number of hydrogen-bond acceptors (Lipinski definition) is 4. The van der Waals surface area contributed by atoms with Gasteiger partial charge in [0.2, 0.25) is 5.71 Å². The summed E-state index contributed by atoms with van der Waals surface area (Å²) in [5, 5.41) is 2.06. The topological polar surface area (TPSA) is 51.3 Å². The molecule has 10 rings (SSSR count). The van der Waals surface area contributed by atoms with E-state index in [2.05, 4.69) is 151 Å². The van der Waals surface area contributed by atoms with Gasteiger partial charge in [0.05, 0.1) is 11.3 Å². The molecular weight excluding hydrogens is 971 g/mol. The number of aliphatic imine (C=N–C) groups is 1. The van der Waals surface area contributed by atoms with Gasteiger partial charge in [0.1, 0.15) is 0 Å². The van der Waals surface area contributed by atoms with Crippen molar-refractivity contribution in [2.75, 3.05) is 0 Å². The zero-order valence-electron chi connectivity index (χ0n) is 35.4. The Bertz CT molecular complexity index is 2810. The van der Waals surface area contributed by atoms with Crippen molar-refractivity contribution in [3.8, 4) is 22.4 Å². The summed E-state index contributed by atoms with van der Waals surface area (Å²) < 4.78 is 7.96. The van der Waals surface area contributed by atoms with Crippen molar-refractivity contribution < 1.29 is 24.5 Å². The Morgan fingerprint density at radius 3 is 2.20 bits per heavy atom. The summed E-state index contributed by atoms with van der Waals surface area (Å²) in [4.78, 5) is 14.6. The fraction of sp³-hybridized carbons (Fsp3) is 0.241. The van der Waals surface area contributed by atoms with Gasteiger partial charge >= 0.3 is 137 Å². The van der Waals surface area contributed by atoms with E-state index in [1.54, 1.807) is 9.96 Å². The summed E-state index contributed by atoms with van der Waals surface area (Å²) in [5.74, 6) is 8.31. The van der Waals surface area contributed by atoms with E-state index in [1.807, 2.05) is 31.2 Å². The molecule has 0 bridgehead atoms. The minimum Gasteiger partial charge on any atom is 0 e. The van der Waals surface area contributed by atoms with Crippen LogP contribution in [0.1, 0.15) is 70.7 Å². The summed E-state index contributed by atoms with van der Waals surface area (Å²) in [5.41, 5.74) is 16.5. The van der Waals surface area contributed by atoms with Crippen molar-refractivity contribution in [1.82, 2.24) is 9.97 Å². The molecule has 0 spiro atoms. The van der Waals surface area contributed by atoms with Crippen molar-refractivity contribution in [2.24, 2.45) is 10.9 Å². The smallest absolute Gasteiger partial charge is 0 e. The number of benzene rings is 5. The van der Waals surface area contributed by atoms with Gasteiger partial charge in [0.25, 0.3) is 0 Å². The molecule has 4 nitrogen and oxygen atoms in total. The summed E-state index contributed by atoms with van der Waals surface area (Å²) >= 11 is -1.87. The van der Waals surface area contributed by atoms with Crippen molar-refractivity contribution >= 4 is 51.1 Å². The van der Waals surface area contributed by atoms with Crippen LogP contribution in [0.5, 0.6) is 0 Å². The normalized spacial score (nSPS) is 15.0. The average molecular weight is 1020 g/mol. The van der Waals surface area contributed by atoms with Crippen LogP contribution < -0.4 is 4.40 Å². The molecule has 5 aromatic carbocycles. The molecule has 0 amide bonds. The Balaban J connectivity index is 0.000000186. The van der Waals surface area contributed by atoms with E-state index in [0.29, 0.717) is 5.71 Å². The maximum Gasteiger partial charge on any atom is 0 e. The Morgan fingerprint density at radius 2 is 1.47 bits per heavy atom. The van der Waals surface area contributed by atoms with Crippen molar-refractivity contribution in [1.29, 1.82) is 0 Å². The number of furan rings is 1. The van der Waals surface area contributed by atoms with Crippen LogP contribution in [0.2, 0.25) is 17.3 Å². The first-order valence-electron chi connectivity index (χ1n) is 21.1. The molecule has 1 radical (unpaired) electrons. The second-order valence-electron chi connectivity index (χ2n) is 17.5. The molecule has 1 aliphatic heterocycles. The minimum atomic E-state index is -1.87. The van der Waals surface area contributed by atoms with Gasteiger partial charge in [-0.15, -0.1) is 18.2 Å². The Morgan fingerprint density at radius 1 is 0.733 bits per heavy atom. The van der Waals surface area contributed by atoms with Crippen LogP contribution in [-0.2, 0) is 26.5 Å². The third kappa shape index (κ3) is 8.37. The number of para-hydroxylation sites is 1. The fourth-order valence-corrected chi connectivity index (χ4v) is 12.7. The van der Waals surface area contributed by atoms with Gasteiger partial charge in [-0.25, -0.2) is 4.98 Å². The molecule has 0 saturated heterocycles. The quantitative estimate of drug-likeness (QED) is 0.118. The number of pyridine rings is 2. The maximum atomic E-state index is 6.37. The predicted octanol–water partition coefficient (Wildman–Crippen LogP) is 13.5. The van der Waals surface area contributed by atoms with E-state index in [1.165, 1.54) is 65.5 Å². The molecule has 2 aliphatic rings. The van der Waals surface area contributed by atoms with E-state index < -0.39 is 13.3 Å². The first-order chi connectivity index (χ1) is 28.6. The first-order valence-corrected chi connectivity index (χ1v) is 28.5. The van der Waals surface area contributed by atoms with Gasteiger partial charge in [-0.3, -0.25) is 4.99 Å². The molecule has 1 saturated carbocycles. The van der Waals surface area contributed by atoms with Crippen molar-refractivity contribution in [2.45, 2.75) is 76.1 Å². The molecular formula is C54H51GeIrN3O-2. The maximum absolute atomic E-state index is 6.37. The molecule has 8 aromatic rings. The summed E-state index contributed by atoms with van der Waals surface area (Å²) in [6.45, 7) is 6.41. The SMILES string of the molecule is Cc1ccc2c(n1)oc1c(C3=Nc4ccccc4C3c3c(C)cc(-c4ccccc4)cc3C)[c-]ccc12.[CH3][Ge]([CH3])([CH3])[c]1cnc(-c2[c-]cccc2)cc1CC1CCCC1.[Ir]. The van der Waals surface area contributed by atoms with Crippen LogP contribution in [-0.4, -0.2) is 28.9 Å². The van der Waals surface area contributed by atoms with Gasteiger partial charge in [0.15, 0.2) is 0 Å². The molecule has 0 N–H and O–H groups in total. The fourth-order valence-electron chi connectivity index (χ4n) is 9.37. The minimum absolute atomic E-state index is 0. The second kappa shape index (κ2) is 17.6. The van der Waals surface area contributed by atoms with Crippen LogP contribution >= 0.6 is 0 Å². The van der Waals surface area contributed by atoms with E-state index >= 15 is 0 Å².